The molecule has 0 saturated carbocycles. The lowest BCUT2D eigenvalue weighted by molar-refractivity contribution is 0.602. The summed E-state index contributed by atoms with van der Waals surface area (Å²) in [6.45, 7) is 1.76. The average Bonchev–Trinajstić information content (AvgIpc) is 3.16. The van der Waals surface area contributed by atoms with Crippen LogP contribution in [0.4, 0.5) is 23.0 Å². The van der Waals surface area contributed by atoms with Gasteiger partial charge in [-0.3, -0.25) is 0 Å². The molecule has 0 fully saturated rings. The number of rotatable bonds is 5. The summed E-state index contributed by atoms with van der Waals surface area (Å²) in [5.41, 5.74) is 16.2. The predicted octanol–water partition coefficient (Wildman–Crippen LogP) is 3.47. The third-order valence-corrected chi connectivity index (χ3v) is 6.42. The van der Waals surface area contributed by atoms with Crippen molar-refractivity contribution in [1.82, 2.24) is 24.6 Å². The minimum absolute atomic E-state index is 0.215. The van der Waals surface area contributed by atoms with Crippen LogP contribution in [0.15, 0.2) is 71.6 Å². The number of aryl methyl sites for hydroxylation is 1. The first kappa shape index (κ1) is 22.3. The molecule has 3 heterocycles. The number of benzene rings is 2. The smallest absolute Gasteiger partial charge is 0.175 e. The van der Waals surface area contributed by atoms with Crippen molar-refractivity contribution in [3.05, 3.63) is 72.6 Å². The van der Waals surface area contributed by atoms with Crippen molar-refractivity contribution in [2.75, 3.05) is 23.0 Å². The Morgan fingerprint density at radius 1 is 0.886 bits per heavy atom. The first-order valence-corrected chi connectivity index (χ1v) is 12.5. The number of anilines is 4. The summed E-state index contributed by atoms with van der Waals surface area (Å²) in [6.07, 6.45) is 1.17. The maximum atomic E-state index is 12.1. The number of fused-ring (bicyclic) bond motifs is 1. The van der Waals surface area contributed by atoms with E-state index in [1.54, 1.807) is 60.0 Å². The molecule has 3 aromatic heterocycles. The van der Waals surface area contributed by atoms with Gasteiger partial charge in [-0.25, -0.2) is 27.9 Å². The molecule has 5 N–H and O–H groups in total. The average molecular weight is 487 g/mol. The molecular formula is C24H22N8O2S. The van der Waals surface area contributed by atoms with Crippen LogP contribution in [-0.4, -0.2) is 39.2 Å². The van der Waals surface area contributed by atoms with Crippen LogP contribution in [0.2, 0.25) is 0 Å². The van der Waals surface area contributed by atoms with Gasteiger partial charge in [0.25, 0.3) is 0 Å². The predicted molar refractivity (Wildman–Crippen MR) is 136 cm³/mol. The summed E-state index contributed by atoms with van der Waals surface area (Å²) < 4.78 is 25.8. The molecule has 0 saturated heterocycles. The molecule has 0 aliphatic heterocycles. The van der Waals surface area contributed by atoms with Crippen LogP contribution in [0, 0.1) is 6.92 Å². The van der Waals surface area contributed by atoms with Crippen molar-refractivity contribution in [3.63, 3.8) is 0 Å². The van der Waals surface area contributed by atoms with E-state index >= 15 is 0 Å². The Morgan fingerprint density at radius 3 is 2.37 bits per heavy atom. The van der Waals surface area contributed by atoms with Crippen LogP contribution in [-0.2, 0) is 9.84 Å². The number of hydrogen-bond acceptors (Lipinski definition) is 9. The molecule has 5 rings (SSSR count). The normalized spacial score (nSPS) is 11.6. The Kier molecular flexibility index (Phi) is 5.33. The molecule has 0 atom stereocenters. The Bertz CT molecular complexity index is 1660. The van der Waals surface area contributed by atoms with Gasteiger partial charge >= 0.3 is 0 Å². The minimum Gasteiger partial charge on any atom is -0.399 e. The molecule has 0 amide bonds. The van der Waals surface area contributed by atoms with E-state index in [1.165, 1.54) is 6.26 Å². The number of nitrogen functional groups attached to an aromatic ring is 2. The summed E-state index contributed by atoms with van der Waals surface area (Å²) in [5, 5.41) is 8.09. The Balaban J connectivity index is 1.71. The van der Waals surface area contributed by atoms with Gasteiger partial charge in [0.1, 0.15) is 17.3 Å². The summed E-state index contributed by atoms with van der Waals surface area (Å²) in [6, 6.07) is 19.2. The zero-order valence-corrected chi connectivity index (χ0v) is 19.8. The molecule has 0 bridgehead atoms. The highest BCUT2D eigenvalue weighted by atomic mass is 32.2. The summed E-state index contributed by atoms with van der Waals surface area (Å²) in [7, 11) is -3.37. The van der Waals surface area contributed by atoms with Gasteiger partial charge in [0.15, 0.2) is 21.3 Å². The number of nitrogens with two attached hydrogens (primary N) is 2. The number of nitrogens with zero attached hydrogens (tertiary/aromatic N) is 5. The van der Waals surface area contributed by atoms with E-state index in [0.717, 1.165) is 5.69 Å². The van der Waals surface area contributed by atoms with E-state index in [4.69, 9.17) is 21.5 Å². The fourth-order valence-electron chi connectivity index (χ4n) is 3.71. The van der Waals surface area contributed by atoms with Gasteiger partial charge < -0.3 is 16.8 Å². The number of nitrogens with one attached hydrogen (secondary N) is 1. The first-order chi connectivity index (χ1) is 16.7. The fourth-order valence-corrected chi connectivity index (χ4v) is 4.37. The van der Waals surface area contributed by atoms with E-state index in [0.29, 0.717) is 51.4 Å². The van der Waals surface area contributed by atoms with Crippen LogP contribution < -0.4 is 16.8 Å². The largest absolute Gasteiger partial charge is 0.399 e. The highest BCUT2D eigenvalue weighted by Gasteiger charge is 2.19. The van der Waals surface area contributed by atoms with Gasteiger partial charge in [0, 0.05) is 29.3 Å². The van der Waals surface area contributed by atoms with Crippen LogP contribution in [0.3, 0.4) is 0 Å². The van der Waals surface area contributed by atoms with Gasteiger partial charge in [-0.2, -0.15) is 5.10 Å². The van der Waals surface area contributed by atoms with Crippen molar-refractivity contribution >= 4 is 38.5 Å². The monoisotopic (exact) mass is 486 g/mol. The van der Waals surface area contributed by atoms with Crippen molar-refractivity contribution < 1.29 is 8.42 Å². The van der Waals surface area contributed by atoms with Crippen molar-refractivity contribution in [1.29, 1.82) is 0 Å². The van der Waals surface area contributed by atoms with Gasteiger partial charge in [0.05, 0.1) is 16.3 Å². The molecule has 35 heavy (non-hydrogen) atoms. The lowest BCUT2D eigenvalue weighted by Gasteiger charge is -2.09. The third kappa shape index (κ3) is 4.49. The summed E-state index contributed by atoms with van der Waals surface area (Å²) >= 11 is 0. The Morgan fingerprint density at radius 2 is 1.66 bits per heavy atom. The molecule has 0 spiro atoms. The zero-order chi connectivity index (χ0) is 24.7. The number of hydrogen-bond donors (Lipinski definition) is 3. The van der Waals surface area contributed by atoms with Crippen molar-refractivity contribution in [2.45, 2.75) is 11.8 Å². The lowest BCUT2D eigenvalue weighted by Crippen LogP contribution is -2.03. The first-order valence-electron chi connectivity index (χ1n) is 10.6. The summed E-state index contributed by atoms with van der Waals surface area (Å²) in [4.78, 5) is 13.7. The van der Waals surface area contributed by atoms with Crippen LogP contribution in [0.25, 0.3) is 28.3 Å². The van der Waals surface area contributed by atoms with Crippen molar-refractivity contribution in [2.24, 2.45) is 0 Å². The van der Waals surface area contributed by atoms with Gasteiger partial charge in [-0.15, -0.1) is 0 Å². The molecular weight excluding hydrogens is 464 g/mol. The molecule has 5 aromatic rings. The summed E-state index contributed by atoms with van der Waals surface area (Å²) in [5.74, 6) is 1.34. The third-order valence-electron chi connectivity index (χ3n) is 5.31. The molecule has 0 aliphatic rings. The second kappa shape index (κ2) is 8.37. The van der Waals surface area contributed by atoms with Crippen molar-refractivity contribution in [3.8, 4) is 22.6 Å². The van der Waals surface area contributed by atoms with Gasteiger partial charge in [0.2, 0.25) is 0 Å². The Labute approximate surface area is 201 Å². The maximum Gasteiger partial charge on any atom is 0.175 e. The zero-order valence-electron chi connectivity index (χ0n) is 19.0. The molecule has 0 radical (unpaired) electrons. The minimum atomic E-state index is -3.37. The molecule has 0 unspecified atom stereocenters. The van der Waals surface area contributed by atoms with Crippen LogP contribution in [0.1, 0.15) is 5.82 Å². The number of imidazole rings is 1. The highest BCUT2D eigenvalue weighted by Crippen LogP contribution is 2.32. The van der Waals surface area contributed by atoms with Gasteiger partial charge in [-0.05, 0) is 55.5 Å². The number of sulfone groups is 1. The van der Waals surface area contributed by atoms with Crippen LogP contribution >= 0.6 is 0 Å². The lowest BCUT2D eigenvalue weighted by atomic mass is 10.1. The number of aromatic nitrogens is 5. The van der Waals surface area contributed by atoms with E-state index in [-0.39, 0.29) is 4.90 Å². The van der Waals surface area contributed by atoms with Crippen LogP contribution in [0.5, 0.6) is 0 Å². The van der Waals surface area contributed by atoms with E-state index < -0.39 is 9.84 Å². The van der Waals surface area contributed by atoms with E-state index in [2.05, 4.69) is 15.3 Å². The second-order valence-corrected chi connectivity index (χ2v) is 10.1. The molecule has 0 aliphatic carbocycles. The topological polar surface area (TPSA) is 154 Å². The fraction of sp³-hybridized carbons (Fsp3) is 0.0833. The second-order valence-electron chi connectivity index (χ2n) is 8.07. The Hall–Kier alpha value is -4.51. The maximum absolute atomic E-state index is 12.1. The van der Waals surface area contributed by atoms with Gasteiger partial charge in [-0.1, -0.05) is 12.1 Å². The molecule has 11 heteroatoms. The van der Waals surface area contributed by atoms with E-state index in [1.807, 2.05) is 18.2 Å². The molecule has 2 aromatic carbocycles. The quantitative estimate of drug-likeness (QED) is 0.317. The molecule has 176 valence electrons. The van der Waals surface area contributed by atoms with E-state index in [9.17, 15) is 8.42 Å². The highest BCUT2D eigenvalue weighted by molar-refractivity contribution is 7.90. The molecule has 10 nitrogen and oxygen atoms in total. The standard InChI is InChI=1S/C24H22N8O2S/c1-14-27-20(13-21(26)28-14)23-24(29-17-8-6-16(25)7-9-17)30-22-11-10-19(31-32(22)23)15-4-3-5-18(12-15)35(2,33)34/h3-13,29H,25H2,1-2H3,(H2,26,27,28). The SMILES string of the molecule is Cc1nc(N)cc(-c2c(Nc3ccc(N)cc3)nc3ccc(-c4cccc(S(C)(=O)=O)c4)nn23)n1.